The van der Waals surface area contributed by atoms with Crippen LogP contribution in [-0.4, -0.2) is 16.7 Å². The van der Waals surface area contributed by atoms with Gasteiger partial charge in [-0.3, -0.25) is 9.59 Å². The van der Waals surface area contributed by atoms with E-state index in [1.165, 1.54) is 0 Å². The number of Topliss-reactive ketones (excluding diaryl/α,β-unsaturated/α-hetero) is 1. The van der Waals surface area contributed by atoms with Crippen LogP contribution >= 0.6 is 11.3 Å². The van der Waals surface area contributed by atoms with Crippen molar-refractivity contribution in [2.75, 3.05) is 0 Å². The second-order valence-electron chi connectivity index (χ2n) is 7.41. The lowest BCUT2D eigenvalue weighted by Gasteiger charge is -2.51. The minimum Gasteiger partial charge on any atom is -0.350 e. The van der Waals surface area contributed by atoms with Crippen molar-refractivity contribution in [1.29, 1.82) is 0 Å². The van der Waals surface area contributed by atoms with Crippen molar-refractivity contribution in [1.82, 2.24) is 10.3 Å². The summed E-state index contributed by atoms with van der Waals surface area (Å²) in [7, 11) is 0. The molecule has 25 heavy (non-hydrogen) atoms. The zero-order valence-electron chi connectivity index (χ0n) is 14.9. The van der Waals surface area contributed by atoms with E-state index in [4.69, 9.17) is 0 Å². The van der Waals surface area contributed by atoms with E-state index in [0.717, 1.165) is 22.7 Å². The number of nitrogens with zero attached hydrogens (tertiary/aromatic N) is 1. The van der Waals surface area contributed by atoms with Gasteiger partial charge in [0.25, 0.3) is 0 Å². The number of carbonyl (C=O) groups is 2. The lowest BCUT2D eigenvalue weighted by Crippen LogP contribution is -2.49. The highest BCUT2D eigenvalue weighted by molar-refractivity contribution is 7.13. The smallest absolute Gasteiger partial charge is 0.220 e. The number of rotatable bonds is 6. The topological polar surface area (TPSA) is 59.1 Å². The average molecular weight is 356 g/mol. The summed E-state index contributed by atoms with van der Waals surface area (Å²) in [6, 6.07) is 10.0. The normalized spacial score (nSPS) is 21.4. The maximum Gasteiger partial charge on any atom is 0.220 e. The Morgan fingerprint density at radius 3 is 2.64 bits per heavy atom. The zero-order valence-corrected chi connectivity index (χ0v) is 15.7. The number of amides is 1. The van der Waals surface area contributed by atoms with Gasteiger partial charge in [-0.2, -0.15) is 0 Å². The molecule has 1 aliphatic rings. The third-order valence-electron chi connectivity index (χ3n) is 5.43. The number of benzene rings is 1. The van der Waals surface area contributed by atoms with E-state index in [9.17, 15) is 9.59 Å². The molecule has 5 heteroatoms. The molecule has 1 heterocycles. The second kappa shape index (κ2) is 7.08. The van der Waals surface area contributed by atoms with Crippen LogP contribution in [0.15, 0.2) is 35.7 Å². The number of aromatic nitrogens is 1. The Bertz CT molecular complexity index is 767. The standard InChI is InChI=1S/C20H24N2O2S/c1-13(23)17-9-15(20(17,2)3)10-18(24)21-11-16-12-25-19(22-16)14-7-5-4-6-8-14/h4-8,12,15,17H,9-11H2,1-3H3,(H,21,24)/t15-,17+/m0/s1. The van der Waals surface area contributed by atoms with Gasteiger partial charge in [0.05, 0.1) is 12.2 Å². The molecule has 1 N–H and O–H groups in total. The van der Waals surface area contributed by atoms with Crippen LogP contribution in [0, 0.1) is 17.3 Å². The third kappa shape index (κ3) is 3.82. The van der Waals surface area contributed by atoms with Crippen LogP contribution in [0.25, 0.3) is 10.6 Å². The first-order chi connectivity index (χ1) is 11.9. The van der Waals surface area contributed by atoms with Gasteiger partial charge in [-0.1, -0.05) is 44.2 Å². The van der Waals surface area contributed by atoms with Crippen LogP contribution in [0.3, 0.4) is 0 Å². The van der Waals surface area contributed by atoms with Crippen LogP contribution in [0.1, 0.15) is 39.3 Å². The first-order valence-electron chi connectivity index (χ1n) is 8.65. The van der Waals surface area contributed by atoms with Crippen molar-refractivity contribution >= 4 is 23.0 Å². The minimum atomic E-state index is -0.0791. The fraction of sp³-hybridized carbons (Fsp3) is 0.450. The number of carbonyl (C=O) groups excluding carboxylic acids is 2. The lowest BCUT2D eigenvalue weighted by molar-refractivity contribution is -0.141. The predicted molar refractivity (Wildman–Crippen MR) is 100 cm³/mol. The fourth-order valence-electron chi connectivity index (χ4n) is 3.64. The van der Waals surface area contributed by atoms with Crippen molar-refractivity contribution in [3.63, 3.8) is 0 Å². The van der Waals surface area contributed by atoms with Crippen LogP contribution in [0.4, 0.5) is 0 Å². The largest absolute Gasteiger partial charge is 0.350 e. The molecule has 1 saturated carbocycles. The maximum absolute atomic E-state index is 12.2. The highest BCUT2D eigenvalue weighted by Crippen LogP contribution is 2.53. The summed E-state index contributed by atoms with van der Waals surface area (Å²) < 4.78 is 0. The Kier molecular flexibility index (Phi) is 5.04. The number of ketones is 1. The van der Waals surface area contributed by atoms with Crippen molar-refractivity contribution in [3.05, 3.63) is 41.4 Å². The molecule has 4 nitrogen and oxygen atoms in total. The Morgan fingerprint density at radius 2 is 2.00 bits per heavy atom. The summed E-state index contributed by atoms with van der Waals surface area (Å²) in [5.41, 5.74) is 1.90. The molecule has 1 aromatic heterocycles. The van der Waals surface area contributed by atoms with E-state index >= 15 is 0 Å². The van der Waals surface area contributed by atoms with E-state index < -0.39 is 0 Å². The number of hydrogen-bond donors (Lipinski definition) is 1. The molecule has 0 unspecified atom stereocenters. The van der Waals surface area contributed by atoms with Gasteiger partial charge < -0.3 is 5.32 Å². The van der Waals surface area contributed by atoms with Crippen LogP contribution < -0.4 is 5.32 Å². The van der Waals surface area contributed by atoms with Crippen molar-refractivity contribution in [2.24, 2.45) is 17.3 Å². The molecule has 1 amide bonds. The van der Waals surface area contributed by atoms with Crippen LogP contribution in [-0.2, 0) is 16.1 Å². The summed E-state index contributed by atoms with van der Waals surface area (Å²) in [6.45, 7) is 6.28. The molecular weight excluding hydrogens is 332 g/mol. The summed E-state index contributed by atoms with van der Waals surface area (Å²) in [5.74, 6) is 0.640. The molecule has 1 fully saturated rings. The van der Waals surface area contributed by atoms with E-state index in [1.54, 1.807) is 18.3 Å². The molecule has 0 spiro atoms. The molecule has 0 saturated heterocycles. The van der Waals surface area contributed by atoms with Crippen molar-refractivity contribution in [3.8, 4) is 10.6 Å². The molecule has 1 aliphatic carbocycles. The molecule has 0 aliphatic heterocycles. The first-order valence-corrected chi connectivity index (χ1v) is 9.53. The summed E-state index contributed by atoms with van der Waals surface area (Å²) >= 11 is 1.59. The quantitative estimate of drug-likeness (QED) is 0.849. The molecular formula is C20H24N2O2S. The van der Waals surface area contributed by atoms with E-state index in [0.29, 0.717) is 13.0 Å². The Hall–Kier alpha value is -2.01. The monoisotopic (exact) mass is 356 g/mol. The molecule has 132 valence electrons. The molecule has 3 rings (SSSR count). The van der Waals surface area contributed by atoms with Gasteiger partial charge in [0.15, 0.2) is 0 Å². The van der Waals surface area contributed by atoms with Gasteiger partial charge in [-0.15, -0.1) is 11.3 Å². The van der Waals surface area contributed by atoms with E-state index in [2.05, 4.69) is 24.1 Å². The van der Waals surface area contributed by atoms with Gasteiger partial charge in [0.2, 0.25) is 5.91 Å². The van der Waals surface area contributed by atoms with Crippen molar-refractivity contribution < 1.29 is 9.59 Å². The molecule has 1 aromatic carbocycles. The second-order valence-corrected chi connectivity index (χ2v) is 8.27. The fourth-order valence-corrected chi connectivity index (χ4v) is 4.46. The molecule has 2 aromatic rings. The molecule has 2 atom stereocenters. The number of nitrogens with one attached hydrogen (secondary N) is 1. The Balaban J connectivity index is 1.50. The minimum absolute atomic E-state index is 0.0364. The van der Waals surface area contributed by atoms with Gasteiger partial charge in [0.1, 0.15) is 10.8 Å². The van der Waals surface area contributed by atoms with Gasteiger partial charge >= 0.3 is 0 Å². The van der Waals surface area contributed by atoms with Crippen LogP contribution in [0.5, 0.6) is 0 Å². The highest BCUT2D eigenvalue weighted by atomic mass is 32.1. The Morgan fingerprint density at radius 1 is 1.28 bits per heavy atom. The summed E-state index contributed by atoms with van der Waals surface area (Å²) in [5, 5.41) is 5.92. The van der Waals surface area contributed by atoms with Gasteiger partial charge in [0, 0.05) is 23.3 Å². The maximum atomic E-state index is 12.2. The first kappa shape index (κ1) is 17.8. The summed E-state index contributed by atoms with van der Waals surface area (Å²) in [6.07, 6.45) is 1.30. The van der Waals surface area contributed by atoms with Gasteiger partial charge in [-0.05, 0) is 24.7 Å². The number of hydrogen-bond acceptors (Lipinski definition) is 4. The van der Waals surface area contributed by atoms with Gasteiger partial charge in [-0.25, -0.2) is 4.98 Å². The Labute approximate surface area is 152 Å². The molecule has 0 radical (unpaired) electrons. The third-order valence-corrected chi connectivity index (χ3v) is 6.37. The lowest BCUT2D eigenvalue weighted by atomic mass is 9.52. The SMILES string of the molecule is CC(=O)[C@H]1C[C@@H](CC(=O)NCc2csc(-c3ccccc3)n2)C1(C)C. The average Bonchev–Trinajstić information content (AvgIpc) is 3.06. The highest BCUT2D eigenvalue weighted by Gasteiger charge is 2.50. The number of thiazole rings is 1. The van der Waals surface area contributed by atoms with E-state index in [1.807, 2.05) is 35.7 Å². The molecule has 0 bridgehead atoms. The predicted octanol–water partition coefficient (Wildman–Crippen LogP) is 4.07. The van der Waals surface area contributed by atoms with Crippen LogP contribution in [0.2, 0.25) is 0 Å². The zero-order chi connectivity index (χ0) is 18.0. The van der Waals surface area contributed by atoms with Crippen molar-refractivity contribution in [2.45, 2.75) is 40.2 Å². The summed E-state index contributed by atoms with van der Waals surface area (Å²) in [4.78, 5) is 28.4. The van der Waals surface area contributed by atoms with E-state index in [-0.39, 0.29) is 28.9 Å².